The van der Waals surface area contributed by atoms with E-state index < -0.39 is 5.92 Å². The van der Waals surface area contributed by atoms with Crippen molar-refractivity contribution in [3.63, 3.8) is 0 Å². The second kappa shape index (κ2) is 7.09. The first-order valence-electron chi connectivity index (χ1n) is 8.54. The average molecular weight is 343 g/mol. The second-order valence-corrected chi connectivity index (χ2v) is 6.06. The molecular formula is C19H22FN3O2. The lowest BCUT2D eigenvalue weighted by Gasteiger charge is -2.29. The van der Waals surface area contributed by atoms with E-state index in [1.165, 1.54) is 6.07 Å². The summed E-state index contributed by atoms with van der Waals surface area (Å²) in [6.07, 6.45) is 3.30. The molecule has 3 rings (SSSR count). The summed E-state index contributed by atoms with van der Waals surface area (Å²) >= 11 is 0. The third-order valence-electron chi connectivity index (χ3n) is 4.48. The van der Waals surface area contributed by atoms with Crippen molar-refractivity contribution in [1.29, 1.82) is 0 Å². The zero-order valence-electron chi connectivity index (χ0n) is 14.6. The van der Waals surface area contributed by atoms with E-state index in [1.54, 1.807) is 26.1 Å². The van der Waals surface area contributed by atoms with Crippen LogP contribution in [0.25, 0.3) is 0 Å². The van der Waals surface area contributed by atoms with Gasteiger partial charge < -0.3 is 10.1 Å². The smallest absolute Gasteiger partial charge is 0.336 e. The first-order valence-corrected chi connectivity index (χ1v) is 8.54. The molecule has 6 heteroatoms. The van der Waals surface area contributed by atoms with Crippen LogP contribution in [-0.4, -0.2) is 22.8 Å². The van der Waals surface area contributed by atoms with Crippen molar-refractivity contribution < 1.29 is 13.9 Å². The largest absolute Gasteiger partial charge is 0.463 e. The Morgan fingerprint density at radius 2 is 2.12 bits per heavy atom. The SMILES string of the molecule is CCCC1=C(C(=O)OCC)C(c2cccc(F)c2C)c2c[nH]nc2N1. The summed E-state index contributed by atoms with van der Waals surface area (Å²) in [6.45, 7) is 5.84. The predicted molar refractivity (Wildman–Crippen MR) is 93.8 cm³/mol. The summed E-state index contributed by atoms with van der Waals surface area (Å²) in [7, 11) is 0. The van der Waals surface area contributed by atoms with Gasteiger partial charge in [0.25, 0.3) is 0 Å². The Morgan fingerprint density at radius 1 is 1.32 bits per heavy atom. The molecule has 5 nitrogen and oxygen atoms in total. The second-order valence-electron chi connectivity index (χ2n) is 6.06. The first-order chi connectivity index (χ1) is 12.1. The third kappa shape index (κ3) is 3.04. The molecule has 0 fully saturated rings. The van der Waals surface area contributed by atoms with Gasteiger partial charge in [0.2, 0.25) is 0 Å². The number of esters is 1. The normalized spacial score (nSPS) is 16.4. The molecule has 0 amide bonds. The molecule has 0 spiro atoms. The van der Waals surface area contributed by atoms with Gasteiger partial charge in [-0.05, 0) is 37.5 Å². The summed E-state index contributed by atoms with van der Waals surface area (Å²) in [5.74, 6) is -0.406. The van der Waals surface area contributed by atoms with Crippen molar-refractivity contribution in [3.8, 4) is 0 Å². The van der Waals surface area contributed by atoms with Crippen LogP contribution in [-0.2, 0) is 9.53 Å². The number of fused-ring (bicyclic) bond motifs is 1. The molecule has 0 saturated carbocycles. The third-order valence-corrected chi connectivity index (χ3v) is 4.48. The summed E-state index contributed by atoms with van der Waals surface area (Å²) in [5.41, 5.74) is 3.41. The number of rotatable bonds is 5. The van der Waals surface area contributed by atoms with E-state index in [-0.39, 0.29) is 18.4 Å². The minimum Gasteiger partial charge on any atom is -0.463 e. The van der Waals surface area contributed by atoms with Crippen LogP contribution in [0.1, 0.15) is 49.3 Å². The van der Waals surface area contributed by atoms with E-state index in [2.05, 4.69) is 15.5 Å². The zero-order valence-corrected chi connectivity index (χ0v) is 14.6. The number of nitrogens with zero attached hydrogens (tertiary/aromatic N) is 1. The first kappa shape index (κ1) is 17.2. The average Bonchev–Trinajstić information content (AvgIpc) is 3.05. The fraction of sp³-hybridized carbons (Fsp3) is 0.368. The number of anilines is 1. The van der Waals surface area contributed by atoms with Crippen molar-refractivity contribution in [3.05, 3.63) is 58.2 Å². The highest BCUT2D eigenvalue weighted by Crippen LogP contribution is 2.43. The molecule has 1 unspecified atom stereocenters. The lowest BCUT2D eigenvalue weighted by atomic mass is 9.80. The number of allylic oxidation sites excluding steroid dienone is 1. The van der Waals surface area contributed by atoms with Crippen LogP contribution in [0.3, 0.4) is 0 Å². The van der Waals surface area contributed by atoms with E-state index in [9.17, 15) is 9.18 Å². The van der Waals surface area contributed by atoms with Gasteiger partial charge in [-0.3, -0.25) is 5.10 Å². The van der Waals surface area contributed by atoms with Crippen LogP contribution in [0.15, 0.2) is 35.7 Å². The van der Waals surface area contributed by atoms with Crippen LogP contribution < -0.4 is 5.32 Å². The fourth-order valence-corrected chi connectivity index (χ4v) is 3.32. The number of benzene rings is 1. The molecule has 0 radical (unpaired) electrons. The van der Waals surface area contributed by atoms with Crippen LogP contribution >= 0.6 is 0 Å². The highest BCUT2D eigenvalue weighted by molar-refractivity contribution is 5.94. The maximum absolute atomic E-state index is 14.2. The highest BCUT2D eigenvalue weighted by Gasteiger charge is 2.36. The summed E-state index contributed by atoms with van der Waals surface area (Å²) in [5, 5.41) is 10.3. The van der Waals surface area contributed by atoms with Crippen molar-refractivity contribution in [2.45, 2.75) is 39.5 Å². The molecule has 2 N–H and O–H groups in total. The Kier molecular flexibility index (Phi) is 4.88. The molecule has 25 heavy (non-hydrogen) atoms. The Balaban J connectivity index is 2.23. The summed E-state index contributed by atoms with van der Waals surface area (Å²) in [6, 6.07) is 4.95. The van der Waals surface area contributed by atoms with Gasteiger partial charge in [-0.2, -0.15) is 5.10 Å². The van der Waals surface area contributed by atoms with Gasteiger partial charge in [-0.15, -0.1) is 0 Å². The van der Waals surface area contributed by atoms with Crippen LogP contribution in [0, 0.1) is 12.7 Å². The molecule has 1 aromatic heterocycles. The number of hydrogen-bond acceptors (Lipinski definition) is 4. The van der Waals surface area contributed by atoms with E-state index >= 15 is 0 Å². The zero-order chi connectivity index (χ0) is 18.0. The van der Waals surface area contributed by atoms with Crippen LogP contribution in [0.4, 0.5) is 10.2 Å². The fourth-order valence-electron chi connectivity index (χ4n) is 3.32. The standard InChI is InChI=1S/C19H22FN3O2/c1-4-7-15-17(19(24)25-5-2)16(13-10-21-23-18(13)22-15)12-8-6-9-14(20)11(12)3/h6,8-10,16H,4-5,7H2,1-3H3,(H2,21,22,23). The number of nitrogens with one attached hydrogen (secondary N) is 2. The molecule has 1 atom stereocenters. The number of carbonyl (C=O) groups excluding carboxylic acids is 1. The molecule has 1 aromatic carbocycles. The molecule has 132 valence electrons. The minimum absolute atomic E-state index is 0.287. The maximum atomic E-state index is 14.2. The van der Waals surface area contributed by atoms with Gasteiger partial charge in [0.05, 0.1) is 12.2 Å². The van der Waals surface area contributed by atoms with Crippen LogP contribution in [0.5, 0.6) is 0 Å². The molecule has 1 aliphatic rings. The molecular weight excluding hydrogens is 321 g/mol. The highest BCUT2D eigenvalue weighted by atomic mass is 19.1. The quantitative estimate of drug-likeness (QED) is 0.804. The topological polar surface area (TPSA) is 67.0 Å². The number of ether oxygens (including phenoxy) is 1. The molecule has 0 saturated heterocycles. The van der Waals surface area contributed by atoms with Gasteiger partial charge in [0.1, 0.15) is 5.82 Å². The van der Waals surface area contributed by atoms with Crippen molar-refractivity contribution in [2.75, 3.05) is 11.9 Å². The molecule has 0 bridgehead atoms. The number of carbonyl (C=O) groups is 1. The van der Waals surface area contributed by atoms with E-state index in [1.807, 2.05) is 13.0 Å². The minimum atomic E-state index is -0.411. The maximum Gasteiger partial charge on any atom is 0.336 e. The lowest BCUT2D eigenvalue weighted by Crippen LogP contribution is -2.25. The van der Waals surface area contributed by atoms with E-state index in [4.69, 9.17) is 4.74 Å². The molecule has 1 aliphatic heterocycles. The number of aromatic nitrogens is 2. The van der Waals surface area contributed by atoms with E-state index in [0.717, 1.165) is 23.2 Å². The van der Waals surface area contributed by atoms with Gasteiger partial charge >= 0.3 is 5.97 Å². The molecule has 2 heterocycles. The van der Waals surface area contributed by atoms with E-state index in [0.29, 0.717) is 23.4 Å². The monoisotopic (exact) mass is 343 g/mol. The van der Waals surface area contributed by atoms with Gasteiger partial charge in [-0.25, -0.2) is 9.18 Å². The number of hydrogen-bond donors (Lipinski definition) is 2. The lowest BCUT2D eigenvalue weighted by molar-refractivity contribution is -0.138. The molecule has 2 aromatic rings. The number of halogens is 1. The van der Waals surface area contributed by atoms with Crippen molar-refractivity contribution in [2.24, 2.45) is 0 Å². The van der Waals surface area contributed by atoms with Crippen molar-refractivity contribution in [1.82, 2.24) is 10.2 Å². The predicted octanol–water partition coefficient (Wildman–Crippen LogP) is 4.03. The Bertz CT molecular complexity index is 826. The van der Waals surface area contributed by atoms with Gasteiger partial charge in [0, 0.05) is 23.4 Å². The molecule has 0 aliphatic carbocycles. The number of H-pyrrole nitrogens is 1. The van der Waals surface area contributed by atoms with Gasteiger partial charge in [0.15, 0.2) is 5.82 Å². The number of aromatic amines is 1. The Labute approximate surface area is 146 Å². The van der Waals surface area contributed by atoms with Crippen molar-refractivity contribution >= 4 is 11.8 Å². The Morgan fingerprint density at radius 3 is 2.84 bits per heavy atom. The van der Waals surface area contributed by atoms with Gasteiger partial charge in [-0.1, -0.05) is 25.5 Å². The summed E-state index contributed by atoms with van der Waals surface area (Å²) < 4.78 is 19.5. The van der Waals surface area contributed by atoms with Crippen LogP contribution in [0.2, 0.25) is 0 Å². The summed E-state index contributed by atoms with van der Waals surface area (Å²) in [4.78, 5) is 12.8. The Hall–Kier alpha value is -2.63.